The molecule has 78 valence electrons. The SMILES string of the molecule is CCCC(C)(O)c1ccc(Cl)c(Cl)c1. The van der Waals surface area contributed by atoms with Gasteiger partial charge in [-0.2, -0.15) is 0 Å². The van der Waals surface area contributed by atoms with Crippen molar-refractivity contribution in [1.29, 1.82) is 0 Å². The number of aliphatic hydroxyl groups is 1. The molecule has 0 aromatic heterocycles. The van der Waals surface area contributed by atoms with Gasteiger partial charge in [0.2, 0.25) is 0 Å². The molecule has 0 aliphatic heterocycles. The lowest BCUT2D eigenvalue weighted by Crippen LogP contribution is -2.20. The van der Waals surface area contributed by atoms with E-state index in [1.807, 2.05) is 13.0 Å². The highest BCUT2D eigenvalue weighted by Gasteiger charge is 2.22. The molecule has 1 unspecified atom stereocenters. The molecule has 0 fully saturated rings. The highest BCUT2D eigenvalue weighted by Crippen LogP contribution is 2.31. The van der Waals surface area contributed by atoms with Gasteiger partial charge in [-0.1, -0.05) is 42.6 Å². The average Bonchev–Trinajstić information content (AvgIpc) is 2.09. The lowest BCUT2D eigenvalue weighted by molar-refractivity contribution is 0.0470. The van der Waals surface area contributed by atoms with E-state index in [4.69, 9.17) is 23.2 Å². The second-order valence-electron chi connectivity index (χ2n) is 3.65. The van der Waals surface area contributed by atoms with Crippen LogP contribution in [0, 0.1) is 0 Å². The molecule has 1 N–H and O–H groups in total. The predicted octanol–water partition coefficient (Wildman–Crippen LogP) is 4.00. The maximum atomic E-state index is 10.1. The van der Waals surface area contributed by atoms with E-state index in [9.17, 15) is 5.11 Å². The monoisotopic (exact) mass is 232 g/mol. The van der Waals surface area contributed by atoms with E-state index < -0.39 is 5.60 Å². The van der Waals surface area contributed by atoms with Gasteiger partial charge in [-0.25, -0.2) is 0 Å². The Morgan fingerprint density at radius 3 is 2.43 bits per heavy atom. The van der Waals surface area contributed by atoms with Crippen molar-refractivity contribution in [3.63, 3.8) is 0 Å². The van der Waals surface area contributed by atoms with Crippen LogP contribution in [-0.2, 0) is 5.60 Å². The average molecular weight is 233 g/mol. The van der Waals surface area contributed by atoms with Gasteiger partial charge in [0.05, 0.1) is 15.6 Å². The fraction of sp³-hybridized carbons (Fsp3) is 0.455. The molecule has 1 rings (SSSR count). The zero-order chi connectivity index (χ0) is 10.8. The Kier molecular flexibility index (Phi) is 3.82. The molecule has 0 amide bonds. The summed E-state index contributed by atoms with van der Waals surface area (Å²) in [5.41, 5.74) is -0.00283. The Balaban J connectivity index is 3.01. The molecule has 0 saturated carbocycles. The number of halogens is 2. The van der Waals surface area contributed by atoms with Gasteiger partial charge in [0, 0.05) is 0 Å². The predicted molar refractivity (Wildman–Crippen MR) is 60.9 cm³/mol. The Hall–Kier alpha value is -0.240. The lowest BCUT2D eigenvalue weighted by Gasteiger charge is -2.23. The summed E-state index contributed by atoms with van der Waals surface area (Å²) < 4.78 is 0. The van der Waals surface area contributed by atoms with Crippen LogP contribution < -0.4 is 0 Å². The molecule has 0 heterocycles. The van der Waals surface area contributed by atoms with Gasteiger partial charge in [0.25, 0.3) is 0 Å². The summed E-state index contributed by atoms with van der Waals surface area (Å²) in [5.74, 6) is 0. The van der Waals surface area contributed by atoms with E-state index in [-0.39, 0.29) is 0 Å². The molecule has 0 aliphatic rings. The second-order valence-corrected chi connectivity index (χ2v) is 4.47. The first kappa shape index (κ1) is 11.8. The van der Waals surface area contributed by atoms with Gasteiger partial charge >= 0.3 is 0 Å². The Bertz CT molecular complexity index is 321. The van der Waals surface area contributed by atoms with Gasteiger partial charge in [-0.05, 0) is 31.0 Å². The summed E-state index contributed by atoms with van der Waals surface area (Å²) in [4.78, 5) is 0. The molecule has 14 heavy (non-hydrogen) atoms. The Morgan fingerprint density at radius 1 is 1.29 bits per heavy atom. The summed E-state index contributed by atoms with van der Waals surface area (Å²) in [5, 5.41) is 11.1. The van der Waals surface area contributed by atoms with Gasteiger partial charge in [-0.3, -0.25) is 0 Å². The van der Waals surface area contributed by atoms with Crippen LogP contribution in [0.4, 0.5) is 0 Å². The third-order valence-corrected chi connectivity index (χ3v) is 3.02. The minimum absolute atomic E-state index is 0.487. The quantitative estimate of drug-likeness (QED) is 0.836. The molecule has 1 aromatic carbocycles. The topological polar surface area (TPSA) is 20.2 Å². The van der Waals surface area contributed by atoms with Crippen LogP contribution in [0.5, 0.6) is 0 Å². The number of hydrogen-bond donors (Lipinski definition) is 1. The summed E-state index contributed by atoms with van der Waals surface area (Å²) in [6.45, 7) is 3.82. The highest BCUT2D eigenvalue weighted by atomic mass is 35.5. The molecule has 0 bridgehead atoms. The first-order chi connectivity index (χ1) is 6.47. The Morgan fingerprint density at radius 2 is 1.93 bits per heavy atom. The first-order valence-electron chi connectivity index (χ1n) is 4.65. The van der Waals surface area contributed by atoms with Crippen LogP contribution in [-0.4, -0.2) is 5.11 Å². The summed E-state index contributed by atoms with van der Waals surface area (Å²) >= 11 is 11.7. The molecule has 0 saturated heterocycles. The standard InChI is InChI=1S/C11H14Cl2O/c1-3-6-11(2,14)8-4-5-9(12)10(13)7-8/h4-5,7,14H,3,6H2,1-2H3. The van der Waals surface area contributed by atoms with Crippen molar-refractivity contribution in [3.05, 3.63) is 33.8 Å². The van der Waals surface area contributed by atoms with Gasteiger partial charge in [0.1, 0.15) is 0 Å². The van der Waals surface area contributed by atoms with E-state index in [0.29, 0.717) is 16.5 Å². The third-order valence-electron chi connectivity index (χ3n) is 2.28. The van der Waals surface area contributed by atoms with Crippen LogP contribution in [0.3, 0.4) is 0 Å². The molecule has 3 heteroatoms. The van der Waals surface area contributed by atoms with Crippen molar-refractivity contribution in [2.45, 2.75) is 32.3 Å². The molecule has 0 spiro atoms. The molecule has 1 aromatic rings. The molecule has 0 aliphatic carbocycles. The molecule has 1 nitrogen and oxygen atoms in total. The van der Waals surface area contributed by atoms with Crippen LogP contribution >= 0.6 is 23.2 Å². The van der Waals surface area contributed by atoms with Gasteiger partial charge in [0.15, 0.2) is 0 Å². The molecular weight excluding hydrogens is 219 g/mol. The summed E-state index contributed by atoms with van der Waals surface area (Å²) in [6.07, 6.45) is 1.64. The van der Waals surface area contributed by atoms with E-state index in [0.717, 1.165) is 12.0 Å². The van der Waals surface area contributed by atoms with Crippen LogP contribution in [0.1, 0.15) is 32.3 Å². The van der Waals surface area contributed by atoms with Crippen LogP contribution in [0.15, 0.2) is 18.2 Å². The van der Waals surface area contributed by atoms with E-state index in [1.54, 1.807) is 19.1 Å². The fourth-order valence-corrected chi connectivity index (χ4v) is 1.76. The van der Waals surface area contributed by atoms with Gasteiger partial charge in [-0.15, -0.1) is 0 Å². The summed E-state index contributed by atoms with van der Waals surface area (Å²) in [7, 11) is 0. The zero-order valence-electron chi connectivity index (χ0n) is 8.35. The van der Waals surface area contributed by atoms with Crippen molar-refractivity contribution in [2.75, 3.05) is 0 Å². The van der Waals surface area contributed by atoms with Gasteiger partial charge < -0.3 is 5.11 Å². The van der Waals surface area contributed by atoms with Crippen molar-refractivity contribution >= 4 is 23.2 Å². The molecule has 1 atom stereocenters. The largest absolute Gasteiger partial charge is 0.385 e. The minimum Gasteiger partial charge on any atom is -0.385 e. The minimum atomic E-state index is -0.816. The smallest absolute Gasteiger partial charge is 0.0869 e. The van der Waals surface area contributed by atoms with E-state index >= 15 is 0 Å². The normalized spacial score (nSPS) is 15.2. The number of hydrogen-bond acceptors (Lipinski definition) is 1. The van der Waals surface area contributed by atoms with E-state index in [2.05, 4.69) is 0 Å². The van der Waals surface area contributed by atoms with E-state index in [1.165, 1.54) is 0 Å². The van der Waals surface area contributed by atoms with Crippen LogP contribution in [0.2, 0.25) is 10.0 Å². The van der Waals surface area contributed by atoms with Crippen molar-refractivity contribution in [1.82, 2.24) is 0 Å². The fourth-order valence-electron chi connectivity index (χ4n) is 1.46. The number of rotatable bonds is 3. The van der Waals surface area contributed by atoms with Crippen molar-refractivity contribution in [2.24, 2.45) is 0 Å². The number of benzene rings is 1. The summed E-state index contributed by atoms with van der Waals surface area (Å²) in [6, 6.07) is 5.24. The second kappa shape index (κ2) is 4.52. The first-order valence-corrected chi connectivity index (χ1v) is 5.41. The third kappa shape index (κ3) is 2.63. The Labute approximate surface area is 94.7 Å². The molecule has 0 radical (unpaired) electrons. The highest BCUT2D eigenvalue weighted by molar-refractivity contribution is 6.42. The zero-order valence-corrected chi connectivity index (χ0v) is 9.86. The molecular formula is C11H14Cl2O. The maximum absolute atomic E-state index is 10.1. The maximum Gasteiger partial charge on any atom is 0.0869 e. The van der Waals surface area contributed by atoms with Crippen molar-refractivity contribution < 1.29 is 5.11 Å². The van der Waals surface area contributed by atoms with Crippen LogP contribution in [0.25, 0.3) is 0 Å². The van der Waals surface area contributed by atoms with Crippen molar-refractivity contribution in [3.8, 4) is 0 Å². The lowest BCUT2D eigenvalue weighted by atomic mass is 9.91.